The quantitative estimate of drug-likeness (QED) is 0.332. The van der Waals surface area contributed by atoms with Crippen LogP contribution in [0.2, 0.25) is 0 Å². The monoisotopic (exact) mass is 483 g/mol. The highest BCUT2D eigenvalue weighted by molar-refractivity contribution is 6.11. The molecule has 2 heterocycles. The summed E-state index contributed by atoms with van der Waals surface area (Å²) in [5.74, 6) is -1.70. The molecule has 1 amide bonds. The van der Waals surface area contributed by atoms with Crippen LogP contribution in [0.5, 0.6) is 0 Å². The van der Waals surface area contributed by atoms with E-state index in [1.54, 1.807) is 0 Å². The standard InChI is InChI=1S/C23H37N3O8/c1-5-9-30-14-23(29)17(31-10-6-2)16-20(28)25-21(24)26-22(16,13-15(27)34-26)18(32-11-7-3)19(23)33-12-8-4/h18-19,29H,5-14H2,1-4H3,(H2,24,25,28)/t18-,19+,22-,23+/m1/s1. The summed E-state index contributed by atoms with van der Waals surface area (Å²) in [5.41, 5.74) is -3.39. The van der Waals surface area contributed by atoms with Gasteiger partial charge in [0.25, 0.3) is 5.91 Å². The predicted molar refractivity (Wildman–Crippen MR) is 121 cm³/mol. The van der Waals surface area contributed by atoms with E-state index in [0.717, 1.165) is 11.5 Å². The van der Waals surface area contributed by atoms with E-state index < -0.39 is 35.2 Å². The number of amides is 1. The molecule has 0 unspecified atom stereocenters. The Kier molecular flexibility index (Phi) is 8.56. The van der Waals surface area contributed by atoms with Crippen LogP contribution in [0.4, 0.5) is 0 Å². The van der Waals surface area contributed by atoms with E-state index in [0.29, 0.717) is 25.9 Å². The number of hydrogen-bond acceptors (Lipinski definition) is 9. The summed E-state index contributed by atoms with van der Waals surface area (Å²) in [6, 6.07) is 0. The van der Waals surface area contributed by atoms with Crippen molar-refractivity contribution in [3.63, 3.8) is 0 Å². The number of carbonyl (C=O) groups is 2. The molecule has 0 radical (unpaired) electrons. The normalized spacial score (nSPS) is 30.7. The molecule has 2 aliphatic heterocycles. The molecule has 0 bridgehead atoms. The van der Waals surface area contributed by atoms with Crippen molar-refractivity contribution in [2.75, 3.05) is 33.0 Å². The average Bonchev–Trinajstić information content (AvgIpc) is 3.15. The van der Waals surface area contributed by atoms with Crippen LogP contribution in [0.25, 0.3) is 0 Å². The van der Waals surface area contributed by atoms with E-state index in [4.69, 9.17) is 29.2 Å². The van der Waals surface area contributed by atoms with Gasteiger partial charge in [-0.2, -0.15) is 5.06 Å². The lowest BCUT2D eigenvalue weighted by Crippen LogP contribution is -2.76. The van der Waals surface area contributed by atoms with Crippen LogP contribution < -0.4 is 5.32 Å². The van der Waals surface area contributed by atoms with Gasteiger partial charge in [0.15, 0.2) is 11.1 Å². The topological polar surface area (TPSA) is 140 Å². The molecule has 1 spiro atoms. The molecule has 0 saturated carbocycles. The first-order chi connectivity index (χ1) is 16.3. The van der Waals surface area contributed by atoms with Gasteiger partial charge >= 0.3 is 5.97 Å². The Hall–Kier alpha value is -2.21. The van der Waals surface area contributed by atoms with Gasteiger partial charge in [0.05, 0.1) is 25.2 Å². The number of ether oxygens (including phenoxy) is 4. The fourth-order valence-electron chi connectivity index (χ4n) is 4.73. The van der Waals surface area contributed by atoms with Gasteiger partial charge in [0, 0.05) is 19.8 Å². The third-order valence-corrected chi connectivity index (χ3v) is 6.03. The molecule has 3 aliphatic rings. The van der Waals surface area contributed by atoms with Crippen molar-refractivity contribution < 1.29 is 38.5 Å². The predicted octanol–water partition coefficient (Wildman–Crippen LogP) is 1.40. The van der Waals surface area contributed by atoms with Gasteiger partial charge in [0.2, 0.25) is 5.96 Å². The minimum atomic E-state index is -1.87. The molecular weight excluding hydrogens is 446 g/mol. The van der Waals surface area contributed by atoms with E-state index in [1.807, 2.05) is 27.7 Å². The van der Waals surface area contributed by atoms with Crippen molar-refractivity contribution in [3.05, 3.63) is 11.3 Å². The molecule has 0 aromatic carbocycles. The summed E-state index contributed by atoms with van der Waals surface area (Å²) in [5, 5.41) is 24.0. The number of aliphatic hydroxyl groups is 1. The minimum absolute atomic E-state index is 0.00264. The van der Waals surface area contributed by atoms with Crippen LogP contribution in [0.3, 0.4) is 0 Å². The third-order valence-electron chi connectivity index (χ3n) is 6.03. The second kappa shape index (κ2) is 11.0. The van der Waals surface area contributed by atoms with Crippen molar-refractivity contribution in [1.82, 2.24) is 10.4 Å². The summed E-state index contributed by atoms with van der Waals surface area (Å²) >= 11 is 0. The maximum atomic E-state index is 13.4. The molecule has 1 aliphatic carbocycles. The number of rotatable bonds is 13. The highest BCUT2D eigenvalue weighted by Gasteiger charge is 2.72. The van der Waals surface area contributed by atoms with Crippen molar-refractivity contribution in [1.29, 1.82) is 5.41 Å². The van der Waals surface area contributed by atoms with Crippen LogP contribution in [0.15, 0.2) is 11.3 Å². The van der Waals surface area contributed by atoms with Crippen molar-refractivity contribution in [3.8, 4) is 0 Å². The molecular formula is C23H37N3O8. The van der Waals surface area contributed by atoms with Gasteiger partial charge < -0.3 is 28.9 Å². The lowest BCUT2D eigenvalue weighted by molar-refractivity contribution is -0.238. The van der Waals surface area contributed by atoms with Crippen molar-refractivity contribution >= 4 is 17.8 Å². The number of hydrogen-bond donors (Lipinski definition) is 3. The lowest BCUT2D eigenvalue weighted by Gasteiger charge is -2.55. The van der Waals surface area contributed by atoms with Crippen LogP contribution in [0, 0.1) is 5.41 Å². The lowest BCUT2D eigenvalue weighted by atomic mass is 9.66. The first-order valence-corrected chi connectivity index (χ1v) is 12.1. The fourth-order valence-corrected chi connectivity index (χ4v) is 4.73. The van der Waals surface area contributed by atoms with E-state index in [-0.39, 0.29) is 50.1 Å². The Morgan fingerprint density at radius 3 is 2.26 bits per heavy atom. The largest absolute Gasteiger partial charge is 0.494 e. The highest BCUT2D eigenvalue weighted by atomic mass is 16.7. The zero-order chi connectivity index (χ0) is 24.9. The maximum Gasteiger partial charge on any atom is 0.335 e. The second-order valence-corrected chi connectivity index (χ2v) is 8.77. The van der Waals surface area contributed by atoms with Crippen LogP contribution in [-0.2, 0) is 33.4 Å². The Morgan fingerprint density at radius 1 is 1.03 bits per heavy atom. The Bertz CT molecular complexity index is 818. The molecule has 192 valence electrons. The summed E-state index contributed by atoms with van der Waals surface area (Å²) in [7, 11) is 0. The van der Waals surface area contributed by atoms with E-state index >= 15 is 0 Å². The Morgan fingerprint density at radius 2 is 1.65 bits per heavy atom. The fraction of sp³-hybridized carbons (Fsp3) is 0.783. The van der Waals surface area contributed by atoms with Crippen LogP contribution in [-0.4, -0.2) is 84.4 Å². The number of nitrogens with one attached hydrogen (secondary N) is 2. The van der Waals surface area contributed by atoms with E-state index in [1.165, 1.54) is 0 Å². The molecule has 3 N–H and O–H groups in total. The number of hydroxylamine groups is 2. The first kappa shape index (κ1) is 26.4. The summed E-state index contributed by atoms with van der Waals surface area (Å²) < 4.78 is 24.2. The van der Waals surface area contributed by atoms with Crippen LogP contribution >= 0.6 is 0 Å². The number of nitrogens with zero attached hydrogens (tertiary/aromatic N) is 1. The Balaban J connectivity index is 2.29. The Labute approximate surface area is 200 Å². The van der Waals surface area contributed by atoms with Gasteiger partial charge in [-0.15, -0.1) is 0 Å². The zero-order valence-electron chi connectivity index (χ0n) is 20.5. The summed E-state index contributed by atoms with van der Waals surface area (Å²) in [4.78, 5) is 31.4. The average molecular weight is 484 g/mol. The number of carbonyl (C=O) groups excluding carboxylic acids is 2. The summed E-state index contributed by atoms with van der Waals surface area (Å²) in [6.07, 6.45) is 0.317. The van der Waals surface area contributed by atoms with Gasteiger partial charge in [-0.3, -0.25) is 15.5 Å². The molecule has 0 aromatic rings. The van der Waals surface area contributed by atoms with Gasteiger partial charge in [-0.1, -0.05) is 27.7 Å². The zero-order valence-corrected chi connectivity index (χ0v) is 20.5. The van der Waals surface area contributed by atoms with Crippen LogP contribution in [0.1, 0.15) is 59.8 Å². The molecule has 11 heteroatoms. The smallest absolute Gasteiger partial charge is 0.335 e. The SMILES string of the molecule is CCCOC[C@]1(O)C(OCCC)=C2C(=O)NC(=N)N3OC(=O)C[C@]23[C@H](OCCC)[C@@H]1OCCC. The third kappa shape index (κ3) is 4.41. The van der Waals surface area contributed by atoms with E-state index in [2.05, 4.69) is 5.32 Å². The number of guanidine groups is 1. The molecule has 2 fully saturated rings. The van der Waals surface area contributed by atoms with Crippen molar-refractivity contribution in [2.45, 2.75) is 83.1 Å². The molecule has 3 rings (SSSR count). The second-order valence-electron chi connectivity index (χ2n) is 8.77. The maximum absolute atomic E-state index is 13.4. The molecule has 2 saturated heterocycles. The molecule has 0 aromatic heterocycles. The first-order valence-electron chi connectivity index (χ1n) is 12.1. The van der Waals surface area contributed by atoms with E-state index in [9.17, 15) is 14.7 Å². The molecule has 11 nitrogen and oxygen atoms in total. The highest BCUT2D eigenvalue weighted by Crippen LogP contribution is 2.52. The minimum Gasteiger partial charge on any atom is -0.494 e. The van der Waals surface area contributed by atoms with Gasteiger partial charge in [-0.25, -0.2) is 4.79 Å². The summed E-state index contributed by atoms with van der Waals surface area (Å²) in [6.45, 7) is 8.68. The molecule has 34 heavy (non-hydrogen) atoms. The van der Waals surface area contributed by atoms with Gasteiger partial charge in [0.1, 0.15) is 18.0 Å². The molecule has 4 atom stereocenters. The van der Waals surface area contributed by atoms with Gasteiger partial charge in [-0.05, 0) is 25.7 Å². The van der Waals surface area contributed by atoms with Crippen molar-refractivity contribution in [2.24, 2.45) is 0 Å².